The van der Waals surface area contributed by atoms with Gasteiger partial charge in [-0.05, 0) is 30.2 Å². The van der Waals surface area contributed by atoms with Crippen LogP contribution in [-0.2, 0) is 11.3 Å². The Hall–Kier alpha value is -2.92. The van der Waals surface area contributed by atoms with Crippen LogP contribution < -0.4 is 4.90 Å². The van der Waals surface area contributed by atoms with Crippen molar-refractivity contribution in [3.63, 3.8) is 0 Å². The van der Waals surface area contributed by atoms with Gasteiger partial charge in [0.15, 0.2) is 0 Å². The molecule has 1 aliphatic heterocycles. The molecule has 5 rings (SSSR count). The normalized spacial score (nSPS) is 15.8. The second kappa shape index (κ2) is 9.29. The second-order valence-corrected chi connectivity index (χ2v) is 8.81. The lowest BCUT2D eigenvalue weighted by atomic mass is 9.98. The maximum atomic E-state index is 11.1. The number of aliphatic hydroxyl groups is 1. The number of aromatic nitrogens is 1. The molecule has 0 radical (unpaired) electrons. The van der Waals surface area contributed by atoms with E-state index in [9.17, 15) is 5.11 Å². The van der Waals surface area contributed by atoms with Crippen LogP contribution >= 0.6 is 0 Å². The van der Waals surface area contributed by atoms with Crippen LogP contribution in [0.3, 0.4) is 0 Å². The Kier molecular flexibility index (Phi) is 6.08. The third kappa shape index (κ3) is 4.22. The molecule has 0 saturated carbocycles. The van der Waals surface area contributed by atoms with Gasteiger partial charge in [0.2, 0.25) is 0 Å². The van der Waals surface area contributed by atoms with E-state index in [0.717, 1.165) is 32.8 Å². The summed E-state index contributed by atoms with van der Waals surface area (Å²) in [4.78, 5) is 1.42. The monoisotopic (exact) mass is 427 g/mol. The molecule has 0 bridgehead atoms. The third-order valence-electron chi connectivity index (χ3n) is 6.45. The number of aliphatic hydroxyl groups excluding tert-OH is 1. The molecule has 3 aromatic carbocycles. The molecule has 4 nitrogen and oxygen atoms in total. The fourth-order valence-corrected chi connectivity index (χ4v) is 4.92. The van der Waals surface area contributed by atoms with Crippen molar-refractivity contribution in [2.24, 2.45) is 0 Å². The number of morpholine rings is 1. The average Bonchev–Trinajstić information content (AvgIpc) is 3.13. The van der Waals surface area contributed by atoms with Crippen molar-refractivity contribution in [3.05, 3.63) is 84.4 Å². The first-order chi connectivity index (χ1) is 15.7. The predicted molar refractivity (Wildman–Crippen MR) is 130 cm³/mol. The molecular weight excluding hydrogens is 396 g/mol. The van der Waals surface area contributed by atoms with Gasteiger partial charge in [-0.3, -0.25) is 0 Å². The molecule has 0 amide bonds. The first-order valence-corrected chi connectivity index (χ1v) is 11.5. The van der Waals surface area contributed by atoms with Crippen molar-refractivity contribution >= 4 is 10.9 Å². The van der Waals surface area contributed by atoms with Gasteiger partial charge < -0.3 is 19.3 Å². The summed E-state index contributed by atoms with van der Waals surface area (Å²) in [5.74, 6) is 0. The summed E-state index contributed by atoms with van der Waals surface area (Å²) in [6, 6.07) is 27.8. The molecule has 1 aromatic heterocycles. The number of rotatable bonds is 6. The summed E-state index contributed by atoms with van der Waals surface area (Å²) in [5, 5.41) is 12.4. The second-order valence-electron chi connectivity index (χ2n) is 8.81. The predicted octanol–water partition coefficient (Wildman–Crippen LogP) is 3.56. The van der Waals surface area contributed by atoms with E-state index in [1.807, 2.05) is 0 Å². The molecular formula is C28H31N2O2+. The van der Waals surface area contributed by atoms with E-state index in [4.69, 9.17) is 4.74 Å². The summed E-state index contributed by atoms with van der Waals surface area (Å²) >= 11 is 0. The van der Waals surface area contributed by atoms with Gasteiger partial charge in [0.1, 0.15) is 25.7 Å². The van der Waals surface area contributed by atoms with Crippen molar-refractivity contribution in [2.45, 2.75) is 19.6 Å². The Labute approximate surface area is 189 Å². The molecule has 4 heteroatoms. The van der Waals surface area contributed by atoms with Crippen LogP contribution in [0, 0.1) is 6.92 Å². The first-order valence-electron chi connectivity index (χ1n) is 11.5. The highest BCUT2D eigenvalue weighted by atomic mass is 16.5. The Bertz CT molecular complexity index is 1180. The minimum absolute atomic E-state index is 0.425. The summed E-state index contributed by atoms with van der Waals surface area (Å²) in [6.07, 6.45) is -0.425. The lowest BCUT2D eigenvalue weighted by Gasteiger charge is -2.26. The standard InChI is InChI=1S/C28H30N2O2/c1-21-12-13-26-25(18-21)27(22-8-4-2-5-9-22)28(23-10-6-3-7-11-23)30(26)20-24(31)19-29-14-16-32-17-15-29/h2-13,18,24,31H,14-17,19-20H2,1H3/p+1/t24-/m0/s1. The Morgan fingerprint density at radius 2 is 1.56 bits per heavy atom. The van der Waals surface area contributed by atoms with Crippen LogP contribution in [0.4, 0.5) is 0 Å². The molecule has 0 unspecified atom stereocenters. The van der Waals surface area contributed by atoms with Crippen molar-refractivity contribution in [2.75, 3.05) is 32.8 Å². The number of ether oxygens (including phenoxy) is 1. The van der Waals surface area contributed by atoms with Crippen molar-refractivity contribution in [1.82, 2.24) is 4.57 Å². The Morgan fingerprint density at radius 1 is 0.906 bits per heavy atom. The van der Waals surface area contributed by atoms with Crippen LogP contribution in [0.5, 0.6) is 0 Å². The molecule has 2 heterocycles. The van der Waals surface area contributed by atoms with Gasteiger partial charge in [-0.2, -0.15) is 0 Å². The number of fused-ring (bicyclic) bond motifs is 1. The van der Waals surface area contributed by atoms with Crippen molar-refractivity contribution < 1.29 is 14.7 Å². The van der Waals surface area contributed by atoms with E-state index in [0.29, 0.717) is 6.54 Å². The zero-order chi connectivity index (χ0) is 21.9. The smallest absolute Gasteiger partial charge is 0.121 e. The summed E-state index contributed by atoms with van der Waals surface area (Å²) in [6.45, 7) is 6.94. The fourth-order valence-electron chi connectivity index (χ4n) is 4.92. The van der Waals surface area contributed by atoms with E-state index >= 15 is 0 Å². The van der Waals surface area contributed by atoms with Gasteiger partial charge >= 0.3 is 0 Å². The van der Waals surface area contributed by atoms with Gasteiger partial charge in [0.25, 0.3) is 0 Å². The van der Waals surface area contributed by atoms with E-state index < -0.39 is 6.10 Å². The van der Waals surface area contributed by atoms with Crippen LogP contribution in [0.15, 0.2) is 78.9 Å². The summed E-state index contributed by atoms with van der Waals surface area (Å²) in [7, 11) is 0. The number of nitrogens with zero attached hydrogens (tertiary/aromatic N) is 1. The Morgan fingerprint density at radius 3 is 2.25 bits per heavy atom. The zero-order valence-corrected chi connectivity index (χ0v) is 18.6. The highest BCUT2D eigenvalue weighted by molar-refractivity contribution is 6.04. The lowest BCUT2D eigenvalue weighted by Crippen LogP contribution is -3.15. The van der Waals surface area contributed by atoms with Crippen LogP contribution in [0.1, 0.15) is 5.56 Å². The van der Waals surface area contributed by atoms with Crippen molar-refractivity contribution in [3.8, 4) is 22.4 Å². The molecule has 1 atom stereocenters. The number of hydrogen-bond donors (Lipinski definition) is 2. The molecule has 164 valence electrons. The molecule has 1 saturated heterocycles. The lowest BCUT2D eigenvalue weighted by molar-refractivity contribution is -0.911. The Balaban J connectivity index is 1.66. The van der Waals surface area contributed by atoms with Crippen LogP contribution in [0.2, 0.25) is 0 Å². The number of aryl methyl sites for hydroxylation is 1. The summed E-state index contributed by atoms with van der Waals surface area (Å²) < 4.78 is 7.82. The zero-order valence-electron chi connectivity index (χ0n) is 18.6. The maximum Gasteiger partial charge on any atom is 0.121 e. The van der Waals surface area contributed by atoms with E-state index in [1.54, 1.807) is 0 Å². The number of hydrogen-bond acceptors (Lipinski definition) is 2. The SMILES string of the molecule is Cc1ccc2c(c1)c(-c1ccccc1)c(-c1ccccc1)n2C[C@@H](O)C[NH+]1CCOCC1. The van der Waals surface area contributed by atoms with Gasteiger partial charge in [0.05, 0.1) is 25.5 Å². The molecule has 2 N–H and O–H groups in total. The number of nitrogens with one attached hydrogen (secondary N) is 1. The van der Waals surface area contributed by atoms with Gasteiger partial charge in [-0.15, -0.1) is 0 Å². The third-order valence-corrected chi connectivity index (χ3v) is 6.45. The topological polar surface area (TPSA) is 38.8 Å². The number of quaternary nitrogens is 1. The van der Waals surface area contributed by atoms with E-state index in [2.05, 4.69) is 90.4 Å². The largest absolute Gasteiger partial charge is 0.385 e. The van der Waals surface area contributed by atoms with Crippen molar-refractivity contribution in [1.29, 1.82) is 0 Å². The molecule has 4 aromatic rings. The van der Waals surface area contributed by atoms with E-state index in [1.165, 1.54) is 43.8 Å². The van der Waals surface area contributed by atoms with Gasteiger partial charge in [-0.1, -0.05) is 72.3 Å². The average molecular weight is 428 g/mol. The molecule has 32 heavy (non-hydrogen) atoms. The molecule has 1 aliphatic rings. The fraction of sp³-hybridized carbons (Fsp3) is 0.286. The highest BCUT2D eigenvalue weighted by Gasteiger charge is 2.24. The molecule has 0 aliphatic carbocycles. The van der Waals surface area contributed by atoms with Gasteiger partial charge in [0, 0.05) is 16.5 Å². The minimum atomic E-state index is -0.425. The summed E-state index contributed by atoms with van der Waals surface area (Å²) in [5.41, 5.74) is 7.20. The maximum absolute atomic E-state index is 11.1. The highest BCUT2D eigenvalue weighted by Crippen LogP contribution is 2.41. The first kappa shape index (κ1) is 21.0. The van der Waals surface area contributed by atoms with Gasteiger partial charge in [-0.25, -0.2) is 0 Å². The molecule has 0 spiro atoms. The van der Waals surface area contributed by atoms with E-state index in [-0.39, 0.29) is 0 Å². The quantitative estimate of drug-likeness (QED) is 0.494. The van der Waals surface area contributed by atoms with Crippen LogP contribution in [0.25, 0.3) is 33.3 Å². The van der Waals surface area contributed by atoms with Crippen LogP contribution in [-0.4, -0.2) is 48.6 Å². The minimum Gasteiger partial charge on any atom is -0.385 e. The molecule has 1 fully saturated rings. The number of benzene rings is 3.